The van der Waals surface area contributed by atoms with Crippen LogP contribution in [0.1, 0.15) is 36.1 Å². The molecular weight excluding hydrogens is 354 g/mol. The van der Waals surface area contributed by atoms with Crippen LogP contribution in [-0.2, 0) is 13.5 Å². The van der Waals surface area contributed by atoms with Crippen LogP contribution in [0.3, 0.4) is 0 Å². The molecule has 1 aliphatic heterocycles. The SMILES string of the molecule is Cc1cc2c3c(c(C)c(C)cc3c1)-c1c(c(CC(C)C)c3ccccc3[n+]1C)O2. The molecule has 0 atom stereocenters. The van der Waals surface area contributed by atoms with Gasteiger partial charge in [0.1, 0.15) is 12.8 Å². The molecule has 0 aliphatic carbocycles. The van der Waals surface area contributed by atoms with E-state index in [9.17, 15) is 0 Å². The van der Waals surface area contributed by atoms with Gasteiger partial charge in [0.2, 0.25) is 11.3 Å². The van der Waals surface area contributed by atoms with Gasteiger partial charge in [-0.25, -0.2) is 0 Å². The van der Waals surface area contributed by atoms with Crippen LogP contribution < -0.4 is 9.30 Å². The van der Waals surface area contributed by atoms with E-state index >= 15 is 0 Å². The van der Waals surface area contributed by atoms with E-state index in [-0.39, 0.29) is 0 Å². The molecule has 0 fully saturated rings. The number of nitrogens with zero attached hydrogens (tertiary/aromatic N) is 1. The molecule has 0 unspecified atom stereocenters. The summed E-state index contributed by atoms with van der Waals surface area (Å²) in [6, 6.07) is 15.5. The average molecular weight is 383 g/mol. The largest absolute Gasteiger partial charge is 0.449 e. The van der Waals surface area contributed by atoms with Crippen molar-refractivity contribution in [3.8, 4) is 22.8 Å². The fourth-order valence-corrected chi connectivity index (χ4v) is 4.94. The zero-order chi connectivity index (χ0) is 20.4. The normalized spacial score (nSPS) is 12.5. The lowest BCUT2D eigenvalue weighted by Gasteiger charge is -2.25. The Morgan fingerprint density at radius 2 is 1.76 bits per heavy atom. The van der Waals surface area contributed by atoms with Gasteiger partial charge in [-0.05, 0) is 67.3 Å². The number of fused-ring (bicyclic) bond motifs is 3. The second-order valence-electron chi connectivity index (χ2n) is 8.99. The fourth-order valence-electron chi connectivity index (χ4n) is 4.94. The van der Waals surface area contributed by atoms with Gasteiger partial charge >= 0.3 is 0 Å². The van der Waals surface area contributed by atoms with Gasteiger partial charge in [0, 0.05) is 17.0 Å². The molecule has 3 aromatic carbocycles. The Morgan fingerprint density at radius 1 is 1.00 bits per heavy atom. The van der Waals surface area contributed by atoms with E-state index in [0.29, 0.717) is 5.92 Å². The Morgan fingerprint density at radius 3 is 2.52 bits per heavy atom. The monoisotopic (exact) mass is 382 g/mol. The van der Waals surface area contributed by atoms with E-state index in [1.165, 1.54) is 55.2 Å². The van der Waals surface area contributed by atoms with E-state index in [4.69, 9.17) is 4.74 Å². The number of aryl methyl sites for hydroxylation is 3. The Balaban J connectivity index is 2.02. The Kier molecular flexibility index (Phi) is 3.96. The lowest BCUT2D eigenvalue weighted by atomic mass is 9.87. The number of pyridine rings is 1. The van der Waals surface area contributed by atoms with Crippen LogP contribution in [0.5, 0.6) is 11.5 Å². The third-order valence-corrected chi connectivity index (χ3v) is 6.34. The Hall–Kier alpha value is -2.87. The maximum absolute atomic E-state index is 6.73. The van der Waals surface area contributed by atoms with Crippen molar-refractivity contribution in [1.29, 1.82) is 0 Å². The van der Waals surface area contributed by atoms with Gasteiger partial charge in [0.15, 0.2) is 0 Å². The first-order valence-electron chi connectivity index (χ1n) is 10.5. The highest BCUT2D eigenvalue weighted by atomic mass is 16.5. The molecule has 29 heavy (non-hydrogen) atoms. The summed E-state index contributed by atoms with van der Waals surface area (Å²) in [4.78, 5) is 0. The summed E-state index contributed by atoms with van der Waals surface area (Å²) >= 11 is 0. The Bertz CT molecular complexity index is 1310. The summed E-state index contributed by atoms with van der Waals surface area (Å²) < 4.78 is 9.06. The lowest BCUT2D eigenvalue weighted by Crippen LogP contribution is -2.34. The van der Waals surface area contributed by atoms with Crippen molar-refractivity contribution in [3.63, 3.8) is 0 Å². The molecule has 0 spiro atoms. The molecule has 0 radical (unpaired) electrons. The second-order valence-corrected chi connectivity index (χ2v) is 8.99. The van der Waals surface area contributed by atoms with Crippen LogP contribution >= 0.6 is 0 Å². The van der Waals surface area contributed by atoms with Crippen molar-refractivity contribution in [3.05, 3.63) is 64.7 Å². The molecule has 2 heteroatoms. The number of rotatable bonds is 2. The molecule has 146 valence electrons. The van der Waals surface area contributed by atoms with Crippen molar-refractivity contribution in [2.45, 2.75) is 41.0 Å². The summed E-state index contributed by atoms with van der Waals surface area (Å²) in [5, 5.41) is 3.80. The van der Waals surface area contributed by atoms with E-state index < -0.39 is 0 Å². The quantitative estimate of drug-likeness (QED) is 0.309. The summed E-state index contributed by atoms with van der Waals surface area (Å²) in [5.41, 5.74) is 9.03. The molecule has 1 aliphatic rings. The van der Waals surface area contributed by atoms with Crippen LogP contribution in [-0.4, -0.2) is 0 Å². The average Bonchev–Trinajstić information content (AvgIpc) is 2.67. The van der Waals surface area contributed by atoms with Gasteiger partial charge in [0.05, 0.1) is 10.9 Å². The standard InChI is InChI=1S/C27H28NO/c1-15(2)11-21-20-9-7-8-10-22(20)28(6)26-24-18(5)17(4)14-19-12-16(3)13-23(25(19)24)29-27(21)26/h7-10,12-15H,11H2,1-6H3/q+1. The second kappa shape index (κ2) is 6.32. The van der Waals surface area contributed by atoms with Crippen molar-refractivity contribution < 1.29 is 9.30 Å². The van der Waals surface area contributed by atoms with E-state index in [0.717, 1.165) is 17.9 Å². The molecule has 2 nitrogen and oxygen atoms in total. The molecule has 0 bridgehead atoms. The lowest BCUT2D eigenvalue weighted by molar-refractivity contribution is -0.633. The molecule has 2 heterocycles. The number of para-hydroxylation sites is 1. The van der Waals surface area contributed by atoms with Gasteiger partial charge in [-0.3, -0.25) is 0 Å². The van der Waals surface area contributed by atoms with Crippen LogP contribution in [0.25, 0.3) is 32.9 Å². The highest BCUT2D eigenvalue weighted by Crippen LogP contribution is 2.50. The first-order chi connectivity index (χ1) is 13.9. The predicted octanol–water partition coefficient (Wildman–Crippen LogP) is 6.71. The van der Waals surface area contributed by atoms with Crippen LogP contribution in [0.15, 0.2) is 42.5 Å². The van der Waals surface area contributed by atoms with Gasteiger partial charge in [-0.1, -0.05) is 38.1 Å². The molecule has 5 rings (SSSR count). The molecule has 1 aromatic heterocycles. The van der Waals surface area contributed by atoms with Gasteiger partial charge in [-0.2, -0.15) is 4.57 Å². The van der Waals surface area contributed by atoms with Gasteiger partial charge in [0.25, 0.3) is 5.69 Å². The van der Waals surface area contributed by atoms with E-state index in [2.05, 4.69) is 88.7 Å². The first-order valence-corrected chi connectivity index (χ1v) is 10.5. The fraction of sp³-hybridized carbons (Fsp3) is 0.296. The van der Waals surface area contributed by atoms with Crippen LogP contribution in [0, 0.1) is 26.7 Å². The molecule has 0 N–H and O–H groups in total. The van der Waals surface area contributed by atoms with Gasteiger partial charge < -0.3 is 4.74 Å². The van der Waals surface area contributed by atoms with E-state index in [1.54, 1.807) is 0 Å². The predicted molar refractivity (Wildman–Crippen MR) is 121 cm³/mol. The van der Waals surface area contributed by atoms with Crippen molar-refractivity contribution in [1.82, 2.24) is 0 Å². The highest BCUT2D eigenvalue weighted by molar-refractivity contribution is 6.06. The van der Waals surface area contributed by atoms with Crippen LogP contribution in [0.4, 0.5) is 0 Å². The molecular formula is C27H28NO+. The number of hydrogen-bond acceptors (Lipinski definition) is 1. The molecule has 0 saturated carbocycles. The van der Waals surface area contributed by atoms with E-state index in [1.807, 2.05) is 0 Å². The minimum Gasteiger partial charge on any atom is -0.449 e. The minimum absolute atomic E-state index is 0.552. The highest BCUT2D eigenvalue weighted by Gasteiger charge is 2.34. The Labute approximate surface area is 172 Å². The van der Waals surface area contributed by atoms with Crippen molar-refractivity contribution >= 4 is 21.7 Å². The molecule has 0 amide bonds. The first kappa shape index (κ1) is 18.2. The van der Waals surface area contributed by atoms with Gasteiger partial charge in [-0.15, -0.1) is 0 Å². The number of ether oxygens (including phenoxy) is 1. The summed E-state index contributed by atoms with van der Waals surface area (Å²) in [5.74, 6) is 2.58. The summed E-state index contributed by atoms with van der Waals surface area (Å²) in [6.45, 7) is 11.2. The maximum Gasteiger partial charge on any atom is 0.257 e. The number of aromatic nitrogens is 1. The van der Waals surface area contributed by atoms with Crippen molar-refractivity contribution in [2.75, 3.05) is 0 Å². The molecule has 0 saturated heterocycles. The third kappa shape index (κ3) is 2.58. The topological polar surface area (TPSA) is 13.1 Å². The molecule has 4 aromatic rings. The third-order valence-electron chi connectivity index (χ3n) is 6.34. The summed E-state index contributed by atoms with van der Waals surface area (Å²) in [7, 11) is 2.18. The number of benzene rings is 3. The number of hydrogen-bond donors (Lipinski definition) is 0. The van der Waals surface area contributed by atoms with Crippen LogP contribution in [0.2, 0.25) is 0 Å². The maximum atomic E-state index is 6.73. The van der Waals surface area contributed by atoms with Crippen molar-refractivity contribution in [2.24, 2.45) is 13.0 Å². The smallest absolute Gasteiger partial charge is 0.257 e. The zero-order valence-corrected chi connectivity index (χ0v) is 18.2. The summed E-state index contributed by atoms with van der Waals surface area (Å²) in [6.07, 6.45) is 0.999. The zero-order valence-electron chi connectivity index (χ0n) is 18.2. The minimum atomic E-state index is 0.552.